The topological polar surface area (TPSA) is 81.2 Å². The van der Waals surface area contributed by atoms with Crippen molar-refractivity contribution in [1.82, 2.24) is 10.3 Å². The Labute approximate surface area is 82.7 Å². The maximum atomic E-state index is 11.3. The summed E-state index contributed by atoms with van der Waals surface area (Å²) in [7, 11) is 0. The lowest BCUT2D eigenvalue weighted by Gasteiger charge is -2.09. The minimum atomic E-state index is -0.121. The number of carbonyl (C=O) groups is 1. The maximum Gasteiger partial charge on any atom is 0.229 e. The molecule has 1 atom stereocenters. The van der Waals surface area contributed by atoms with Gasteiger partial charge in [0.1, 0.15) is 12.7 Å². The highest BCUT2D eigenvalue weighted by Gasteiger charge is 2.09. The molecule has 1 heterocycles. The van der Waals surface area contributed by atoms with E-state index < -0.39 is 0 Å². The lowest BCUT2D eigenvalue weighted by atomic mass is 10.3. The summed E-state index contributed by atoms with van der Waals surface area (Å²) >= 11 is 0. The number of aryl methyl sites for hydroxylation is 1. The van der Waals surface area contributed by atoms with Crippen molar-refractivity contribution in [3.63, 3.8) is 0 Å². The van der Waals surface area contributed by atoms with E-state index in [9.17, 15) is 4.79 Å². The molecule has 0 fully saturated rings. The second-order valence-electron chi connectivity index (χ2n) is 3.26. The molecule has 3 N–H and O–H groups in total. The first-order chi connectivity index (χ1) is 6.61. The van der Waals surface area contributed by atoms with Crippen LogP contribution in [0.15, 0.2) is 10.7 Å². The molecular formula is C9H15N3O2. The minimum absolute atomic E-state index is 0.0152. The van der Waals surface area contributed by atoms with E-state index in [-0.39, 0.29) is 18.4 Å². The number of amides is 1. The molecule has 5 heteroatoms. The van der Waals surface area contributed by atoms with Crippen LogP contribution in [0.3, 0.4) is 0 Å². The van der Waals surface area contributed by atoms with Gasteiger partial charge in [-0.25, -0.2) is 4.98 Å². The molecule has 0 aliphatic carbocycles. The van der Waals surface area contributed by atoms with E-state index in [1.54, 1.807) is 0 Å². The molecule has 78 valence electrons. The molecule has 1 rings (SSSR count). The van der Waals surface area contributed by atoms with Crippen LogP contribution in [0.5, 0.6) is 0 Å². The number of rotatable bonds is 4. The zero-order valence-electron chi connectivity index (χ0n) is 8.41. The molecule has 5 nitrogen and oxygen atoms in total. The van der Waals surface area contributed by atoms with Gasteiger partial charge in [-0.15, -0.1) is 0 Å². The average Bonchev–Trinajstić information content (AvgIpc) is 2.50. The first-order valence-electron chi connectivity index (χ1n) is 4.52. The summed E-state index contributed by atoms with van der Waals surface area (Å²) in [6.07, 6.45) is 1.69. The monoisotopic (exact) mass is 197 g/mol. The number of nitrogens with one attached hydrogen (secondary N) is 1. The van der Waals surface area contributed by atoms with E-state index in [1.807, 2.05) is 13.8 Å². The Hall–Kier alpha value is -1.36. The zero-order chi connectivity index (χ0) is 10.6. The van der Waals surface area contributed by atoms with Crippen molar-refractivity contribution in [3.8, 4) is 0 Å². The molecule has 0 bridgehead atoms. The van der Waals surface area contributed by atoms with Gasteiger partial charge in [-0.2, -0.15) is 0 Å². The fourth-order valence-corrected chi connectivity index (χ4v) is 1.01. The summed E-state index contributed by atoms with van der Waals surface area (Å²) in [5.41, 5.74) is 6.14. The van der Waals surface area contributed by atoms with Crippen molar-refractivity contribution in [3.05, 3.63) is 17.8 Å². The molecule has 0 saturated carbocycles. The molecule has 0 aliphatic heterocycles. The third-order valence-corrected chi connectivity index (χ3v) is 1.74. The highest BCUT2D eigenvalue weighted by Crippen LogP contribution is 2.00. The van der Waals surface area contributed by atoms with Gasteiger partial charge in [-0.3, -0.25) is 4.79 Å². The molecule has 1 unspecified atom stereocenters. The average molecular weight is 197 g/mol. The van der Waals surface area contributed by atoms with Crippen molar-refractivity contribution in [1.29, 1.82) is 0 Å². The van der Waals surface area contributed by atoms with Crippen LogP contribution < -0.4 is 11.1 Å². The molecule has 0 radical (unpaired) electrons. The summed E-state index contributed by atoms with van der Waals surface area (Å²) in [6.45, 7) is 4.09. The second-order valence-corrected chi connectivity index (χ2v) is 3.26. The molecule has 1 aromatic heterocycles. The summed E-state index contributed by atoms with van der Waals surface area (Å²) in [5.74, 6) is 0.314. The van der Waals surface area contributed by atoms with Gasteiger partial charge in [0.05, 0.1) is 5.69 Å². The summed E-state index contributed by atoms with van der Waals surface area (Å²) in [6, 6.07) is -0.0152. The maximum absolute atomic E-state index is 11.3. The van der Waals surface area contributed by atoms with E-state index >= 15 is 0 Å². The van der Waals surface area contributed by atoms with Crippen LogP contribution in [-0.4, -0.2) is 23.5 Å². The fraction of sp³-hybridized carbons (Fsp3) is 0.556. The van der Waals surface area contributed by atoms with Gasteiger partial charge in [0.15, 0.2) is 0 Å². The molecule has 0 aromatic carbocycles. The SMILES string of the molecule is Cc1coc(CC(=O)NC(C)CN)n1. The Bertz CT molecular complexity index is 309. The lowest BCUT2D eigenvalue weighted by molar-refractivity contribution is -0.121. The summed E-state index contributed by atoms with van der Waals surface area (Å²) in [4.78, 5) is 15.3. The Balaban J connectivity index is 2.41. The van der Waals surface area contributed by atoms with Gasteiger partial charge in [-0.05, 0) is 13.8 Å². The third-order valence-electron chi connectivity index (χ3n) is 1.74. The van der Waals surface area contributed by atoms with Gasteiger partial charge in [0, 0.05) is 12.6 Å². The standard InChI is InChI=1S/C9H15N3O2/c1-6(4-10)11-8(13)3-9-12-7(2)5-14-9/h5-6H,3-4,10H2,1-2H3,(H,11,13). The van der Waals surface area contributed by atoms with Crippen molar-refractivity contribution in [2.45, 2.75) is 26.3 Å². The number of nitrogens with two attached hydrogens (primary N) is 1. The van der Waals surface area contributed by atoms with Crippen LogP contribution in [0.1, 0.15) is 18.5 Å². The predicted octanol–water partition coefficient (Wildman–Crippen LogP) is -0.0111. The van der Waals surface area contributed by atoms with Gasteiger partial charge < -0.3 is 15.5 Å². The quantitative estimate of drug-likeness (QED) is 0.711. The highest BCUT2D eigenvalue weighted by atomic mass is 16.3. The van der Waals surface area contributed by atoms with Crippen LogP contribution >= 0.6 is 0 Å². The van der Waals surface area contributed by atoms with E-state index in [1.165, 1.54) is 6.26 Å². The summed E-state index contributed by atoms with van der Waals surface area (Å²) in [5, 5.41) is 2.72. The Morgan fingerprint density at radius 1 is 1.79 bits per heavy atom. The third kappa shape index (κ3) is 3.18. The molecule has 1 aromatic rings. The second kappa shape index (κ2) is 4.76. The Kier molecular flexibility index (Phi) is 3.64. The van der Waals surface area contributed by atoms with Crippen LogP contribution in [0.2, 0.25) is 0 Å². The number of aromatic nitrogens is 1. The normalized spacial score (nSPS) is 12.5. The van der Waals surface area contributed by atoms with E-state index in [4.69, 9.17) is 10.2 Å². The van der Waals surface area contributed by atoms with Gasteiger partial charge in [0.25, 0.3) is 0 Å². The van der Waals surface area contributed by atoms with Crippen molar-refractivity contribution in [2.75, 3.05) is 6.54 Å². The minimum Gasteiger partial charge on any atom is -0.448 e. The smallest absolute Gasteiger partial charge is 0.229 e. The van der Waals surface area contributed by atoms with Gasteiger partial charge in [0.2, 0.25) is 11.8 Å². The zero-order valence-corrected chi connectivity index (χ0v) is 8.41. The molecular weight excluding hydrogens is 182 g/mol. The van der Waals surface area contributed by atoms with Crippen LogP contribution in [0.4, 0.5) is 0 Å². The van der Waals surface area contributed by atoms with Gasteiger partial charge in [-0.1, -0.05) is 0 Å². The van der Waals surface area contributed by atoms with Crippen molar-refractivity contribution < 1.29 is 9.21 Å². The number of hydrogen-bond donors (Lipinski definition) is 2. The van der Waals surface area contributed by atoms with Crippen molar-refractivity contribution in [2.24, 2.45) is 5.73 Å². The van der Waals surface area contributed by atoms with Crippen molar-refractivity contribution >= 4 is 5.91 Å². The van der Waals surface area contributed by atoms with E-state index in [2.05, 4.69) is 10.3 Å². The molecule has 0 spiro atoms. The van der Waals surface area contributed by atoms with Crippen LogP contribution in [0, 0.1) is 6.92 Å². The molecule has 0 saturated heterocycles. The van der Waals surface area contributed by atoms with E-state index in [0.29, 0.717) is 12.4 Å². The molecule has 14 heavy (non-hydrogen) atoms. The van der Waals surface area contributed by atoms with Crippen LogP contribution in [-0.2, 0) is 11.2 Å². The first-order valence-corrected chi connectivity index (χ1v) is 4.52. The Morgan fingerprint density at radius 2 is 2.50 bits per heavy atom. The lowest BCUT2D eigenvalue weighted by Crippen LogP contribution is -2.38. The van der Waals surface area contributed by atoms with Crippen LogP contribution in [0.25, 0.3) is 0 Å². The predicted molar refractivity (Wildman–Crippen MR) is 51.6 cm³/mol. The van der Waals surface area contributed by atoms with E-state index in [0.717, 1.165) is 5.69 Å². The number of hydrogen-bond acceptors (Lipinski definition) is 4. The summed E-state index contributed by atoms with van der Waals surface area (Å²) < 4.78 is 5.05. The fourth-order valence-electron chi connectivity index (χ4n) is 1.01. The number of nitrogens with zero attached hydrogens (tertiary/aromatic N) is 1. The number of oxazole rings is 1. The largest absolute Gasteiger partial charge is 0.448 e. The number of carbonyl (C=O) groups excluding carboxylic acids is 1. The highest BCUT2D eigenvalue weighted by molar-refractivity contribution is 5.77. The first kappa shape index (κ1) is 10.7. The van der Waals surface area contributed by atoms with Gasteiger partial charge >= 0.3 is 0 Å². The molecule has 1 amide bonds. The molecule has 0 aliphatic rings. The Morgan fingerprint density at radius 3 is 3.00 bits per heavy atom.